The summed E-state index contributed by atoms with van der Waals surface area (Å²) in [4.78, 5) is 15.2. The van der Waals surface area contributed by atoms with E-state index in [1.54, 1.807) is 30.0 Å². The van der Waals surface area contributed by atoms with Crippen molar-refractivity contribution in [2.75, 3.05) is 0 Å². The molecule has 0 saturated carbocycles. The molecule has 3 rings (SSSR count). The van der Waals surface area contributed by atoms with Crippen molar-refractivity contribution < 1.29 is 4.39 Å². The van der Waals surface area contributed by atoms with Crippen molar-refractivity contribution in [3.63, 3.8) is 0 Å². The number of aryl methyl sites for hydroxylation is 1. The van der Waals surface area contributed by atoms with Gasteiger partial charge < -0.3 is 4.98 Å². The van der Waals surface area contributed by atoms with Gasteiger partial charge in [0, 0.05) is 23.1 Å². The van der Waals surface area contributed by atoms with Crippen LogP contribution in [0.25, 0.3) is 0 Å². The molecule has 1 N–H and O–H groups in total. The molecule has 4 heteroatoms. The first-order valence-electron chi connectivity index (χ1n) is 6.35. The number of thioether (sulfide) groups is 1. The predicted molar refractivity (Wildman–Crippen MR) is 75.0 cm³/mol. The van der Waals surface area contributed by atoms with E-state index in [4.69, 9.17) is 0 Å². The van der Waals surface area contributed by atoms with Gasteiger partial charge in [-0.1, -0.05) is 12.1 Å². The van der Waals surface area contributed by atoms with Gasteiger partial charge in [-0.3, -0.25) is 4.79 Å². The molecule has 98 valence electrons. The van der Waals surface area contributed by atoms with Crippen molar-refractivity contribution in [2.45, 2.75) is 30.0 Å². The Balaban J connectivity index is 1.75. The zero-order valence-corrected chi connectivity index (χ0v) is 11.2. The molecule has 0 amide bonds. The van der Waals surface area contributed by atoms with Gasteiger partial charge in [-0.2, -0.15) is 0 Å². The number of hydrogen-bond acceptors (Lipinski definition) is 2. The number of H-pyrrole nitrogens is 1. The lowest BCUT2D eigenvalue weighted by atomic mass is 10.2. The van der Waals surface area contributed by atoms with Crippen LogP contribution in [-0.2, 0) is 18.6 Å². The molecule has 0 radical (unpaired) electrons. The Morgan fingerprint density at radius 2 is 2.00 bits per heavy atom. The summed E-state index contributed by atoms with van der Waals surface area (Å²) in [5, 5.41) is 0.898. The van der Waals surface area contributed by atoms with Crippen LogP contribution in [0.5, 0.6) is 0 Å². The predicted octanol–water partition coefficient (Wildman–Crippen LogP) is 3.30. The van der Waals surface area contributed by atoms with E-state index in [0.717, 1.165) is 46.9 Å². The van der Waals surface area contributed by atoms with E-state index in [1.165, 1.54) is 12.1 Å². The molecule has 19 heavy (non-hydrogen) atoms. The number of hydrogen-bond donors (Lipinski definition) is 1. The second-order valence-electron chi connectivity index (χ2n) is 4.72. The molecule has 0 unspecified atom stereocenters. The fourth-order valence-electron chi connectivity index (χ4n) is 2.36. The lowest BCUT2D eigenvalue weighted by Crippen LogP contribution is -2.09. The Bertz CT molecular complexity index is 648. The highest BCUT2D eigenvalue weighted by Gasteiger charge is 2.15. The summed E-state index contributed by atoms with van der Waals surface area (Å²) in [7, 11) is 0. The number of pyridine rings is 1. The lowest BCUT2D eigenvalue weighted by molar-refractivity contribution is 0.627. The highest BCUT2D eigenvalue weighted by Crippen LogP contribution is 2.24. The van der Waals surface area contributed by atoms with Gasteiger partial charge in [0.25, 0.3) is 0 Å². The van der Waals surface area contributed by atoms with Crippen molar-refractivity contribution in [1.82, 2.24) is 4.98 Å². The van der Waals surface area contributed by atoms with Crippen LogP contribution in [0.15, 0.2) is 40.2 Å². The van der Waals surface area contributed by atoms with Gasteiger partial charge in [-0.15, -0.1) is 11.8 Å². The summed E-state index contributed by atoms with van der Waals surface area (Å²) in [6, 6.07) is 8.14. The highest BCUT2D eigenvalue weighted by atomic mass is 32.2. The van der Waals surface area contributed by atoms with Crippen LogP contribution in [0.3, 0.4) is 0 Å². The summed E-state index contributed by atoms with van der Waals surface area (Å²) in [5.74, 6) is 0.509. The Kier molecular flexibility index (Phi) is 3.42. The molecule has 1 aromatic heterocycles. The monoisotopic (exact) mass is 275 g/mol. The van der Waals surface area contributed by atoms with Gasteiger partial charge in [0.1, 0.15) is 5.82 Å². The smallest absolute Gasteiger partial charge is 0.186 e. The molecule has 0 fully saturated rings. The largest absolute Gasteiger partial charge is 0.353 e. The maximum atomic E-state index is 12.8. The van der Waals surface area contributed by atoms with E-state index >= 15 is 0 Å². The molecule has 1 aromatic carbocycles. The van der Waals surface area contributed by atoms with E-state index in [2.05, 4.69) is 4.98 Å². The number of rotatable bonds is 3. The van der Waals surface area contributed by atoms with Gasteiger partial charge in [0.05, 0.1) is 5.03 Å². The number of aromatic amines is 1. The summed E-state index contributed by atoms with van der Waals surface area (Å²) in [6.07, 6.45) is 2.93. The van der Waals surface area contributed by atoms with Crippen molar-refractivity contribution in [3.8, 4) is 0 Å². The molecule has 0 saturated heterocycles. The molecule has 0 spiro atoms. The van der Waals surface area contributed by atoms with Gasteiger partial charge in [0.2, 0.25) is 0 Å². The number of benzene rings is 1. The molecule has 0 aliphatic heterocycles. The average molecular weight is 275 g/mol. The van der Waals surface area contributed by atoms with Crippen LogP contribution in [0.1, 0.15) is 23.2 Å². The van der Waals surface area contributed by atoms with E-state index in [-0.39, 0.29) is 11.2 Å². The van der Waals surface area contributed by atoms with Crippen LogP contribution in [0, 0.1) is 5.82 Å². The number of nitrogens with one attached hydrogen (secondary N) is 1. The minimum atomic E-state index is -0.223. The molecule has 1 aliphatic rings. The van der Waals surface area contributed by atoms with Gasteiger partial charge in [-0.05, 0) is 37.0 Å². The summed E-state index contributed by atoms with van der Waals surface area (Å²) >= 11 is 1.58. The number of fused-ring (bicyclic) bond motifs is 1. The van der Waals surface area contributed by atoms with Gasteiger partial charge in [0.15, 0.2) is 5.43 Å². The minimum absolute atomic E-state index is 0.146. The topological polar surface area (TPSA) is 32.9 Å². The minimum Gasteiger partial charge on any atom is -0.353 e. The van der Waals surface area contributed by atoms with E-state index in [0.29, 0.717) is 0 Å². The first-order valence-corrected chi connectivity index (χ1v) is 7.33. The van der Waals surface area contributed by atoms with Crippen LogP contribution in [0.2, 0.25) is 0 Å². The first kappa shape index (κ1) is 12.5. The van der Waals surface area contributed by atoms with E-state index in [1.807, 2.05) is 0 Å². The Labute approximate surface area is 115 Å². The molecular formula is C15H14FNOS. The SMILES string of the molecule is O=c1cc(SCc2ccc(F)cc2)[nH]c2c1CCC2. The normalized spacial score (nSPS) is 13.5. The number of halogens is 1. The fraction of sp³-hybridized carbons (Fsp3) is 0.267. The average Bonchev–Trinajstić information content (AvgIpc) is 2.87. The molecule has 1 aliphatic carbocycles. The third kappa shape index (κ3) is 2.73. The molecule has 2 nitrogen and oxygen atoms in total. The van der Waals surface area contributed by atoms with Crippen LogP contribution >= 0.6 is 11.8 Å². The molecule has 2 aromatic rings. The van der Waals surface area contributed by atoms with Gasteiger partial charge in [-0.25, -0.2) is 4.39 Å². The van der Waals surface area contributed by atoms with Crippen molar-refractivity contribution in [2.24, 2.45) is 0 Å². The quantitative estimate of drug-likeness (QED) is 0.872. The molecule has 0 bridgehead atoms. The summed E-state index contributed by atoms with van der Waals surface area (Å²) in [6.45, 7) is 0. The third-order valence-corrected chi connectivity index (χ3v) is 4.37. The van der Waals surface area contributed by atoms with Crippen molar-refractivity contribution in [3.05, 3.63) is 63.2 Å². The highest BCUT2D eigenvalue weighted by molar-refractivity contribution is 7.98. The second kappa shape index (κ2) is 5.21. The van der Waals surface area contributed by atoms with Crippen LogP contribution in [-0.4, -0.2) is 4.98 Å². The Morgan fingerprint density at radius 1 is 1.21 bits per heavy atom. The van der Waals surface area contributed by atoms with Gasteiger partial charge >= 0.3 is 0 Å². The van der Waals surface area contributed by atoms with Crippen molar-refractivity contribution in [1.29, 1.82) is 0 Å². The first-order chi connectivity index (χ1) is 9.22. The fourth-order valence-corrected chi connectivity index (χ4v) is 3.26. The number of aromatic nitrogens is 1. The second-order valence-corrected chi connectivity index (χ2v) is 5.74. The zero-order chi connectivity index (χ0) is 13.2. The van der Waals surface area contributed by atoms with Crippen molar-refractivity contribution >= 4 is 11.8 Å². The Morgan fingerprint density at radius 3 is 2.79 bits per heavy atom. The van der Waals surface area contributed by atoms with Crippen LogP contribution < -0.4 is 5.43 Å². The third-order valence-electron chi connectivity index (χ3n) is 3.36. The van der Waals surface area contributed by atoms with Crippen LogP contribution in [0.4, 0.5) is 4.39 Å². The maximum Gasteiger partial charge on any atom is 0.186 e. The Hall–Kier alpha value is -1.55. The zero-order valence-electron chi connectivity index (χ0n) is 10.4. The lowest BCUT2D eigenvalue weighted by Gasteiger charge is -2.05. The molecule has 1 heterocycles. The molecule has 0 atom stereocenters. The summed E-state index contributed by atoms with van der Waals surface area (Å²) < 4.78 is 12.8. The standard InChI is InChI=1S/C15H14FNOS/c16-11-6-4-10(5-7-11)9-19-15-8-14(18)12-2-1-3-13(12)17-15/h4-8H,1-3,9H2,(H,17,18). The maximum absolute atomic E-state index is 12.8. The molecular weight excluding hydrogens is 261 g/mol. The van der Waals surface area contributed by atoms with E-state index in [9.17, 15) is 9.18 Å². The van der Waals surface area contributed by atoms with E-state index < -0.39 is 0 Å². The summed E-state index contributed by atoms with van der Waals surface area (Å²) in [5.41, 5.74) is 3.24.